The van der Waals surface area contributed by atoms with Gasteiger partial charge in [-0.2, -0.15) is 39.5 Å². The van der Waals surface area contributed by atoms with E-state index >= 15 is 4.39 Å². The molecule has 15 heteroatoms. The molecule has 0 aliphatic heterocycles. The predicted octanol–water partition coefficient (Wildman–Crippen LogP) is 9.95. The van der Waals surface area contributed by atoms with Crippen LogP contribution in [0.5, 0.6) is 0 Å². The Hall–Kier alpha value is -3.24. The molecule has 2 aromatic rings. The van der Waals surface area contributed by atoms with Crippen LogP contribution in [0.3, 0.4) is 0 Å². The van der Waals surface area contributed by atoms with E-state index in [1.165, 1.54) is 5.32 Å². The highest BCUT2D eigenvalue weighted by molar-refractivity contribution is 6.42. The molecule has 0 aliphatic carbocycles. The molecule has 3 nitrogen and oxygen atoms in total. The first-order chi connectivity index (χ1) is 20.3. The van der Waals surface area contributed by atoms with Gasteiger partial charge in [-0.1, -0.05) is 54.1 Å². The molecule has 0 aliphatic rings. The summed E-state index contributed by atoms with van der Waals surface area (Å²) < 4.78 is 136. The van der Waals surface area contributed by atoms with Gasteiger partial charge in [0.1, 0.15) is 18.3 Å². The minimum atomic E-state index is -5.31. The van der Waals surface area contributed by atoms with Crippen LogP contribution in [-0.2, 0) is 11.0 Å². The van der Waals surface area contributed by atoms with Gasteiger partial charge in [-0.05, 0) is 50.6 Å². The van der Waals surface area contributed by atoms with Gasteiger partial charge in [-0.3, -0.25) is 9.59 Å². The van der Waals surface area contributed by atoms with E-state index in [0.29, 0.717) is 12.1 Å². The summed E-state index contributed by atoms with van der Waals surface area (Å²) in [6.45, 7) is 4.44. The van der Waals surface area contributed by atoms with E-state index < -0.39 is 88.5 Å². The smallest absolute Gasteiger partial charge is 0.347 e. The number of halogens is 12. The fourth-order valence-electron chi connectivity index (χ4n) is 3.77. The van der Waals surface area contributed by atoms with E-state index in [1.54, 1.807) is 20.8 Å². The lowest BCUT2D eigenvalue weighted by molar-refractivity contribution is -0.140. The number of carbonyl (C=O) groups is 2. The molecule has 0 heterocycles. The van der Waals surface area contributed by atoms with Crippen LogP contribution in [0.15, 0.2) is 36.4 Å². The summed E-state index contributed by atoms with van der Waals surface area (Å²) in [5.41, 5.74) is -5.03. The highest BCUT2D eigenvalue weighted by atomic mass is 35.5. The Bertz CT molecular complexity index is 1530. The molecule has 246 valence electrons. The standard InChI is InChI=1S/C30H25Cl2F10NO2/c1-15(26(45)43-14-28(34,35)36)9-24(44)19-6-5-16(11-21(19)30(40,41)42)23(33)13-20(29(37,38)39)18-10-17(7-8-27(2,3)4)25(32)22(31)12-18/h5-6,10-13,15,20H,9,14H2,1-4H3,(H,43,45)/b23-13-/t15-,20?/m0/s1. The summed E-state index contributed by atoms with van der Waals surface area (Å²) in [6, 6.07) is 3.02. The SMILES string of the molecule is C[C@@H](CC(=O)c1ccc(/C(F)=C/C(c2cc(Cl)c(Cl)c(C#CC(C)(C)C)c2)C(F)(F)F)cc1C(F)(F)F)C(=O)NCC(F)(F)F. The molecular weight excluding hydrogens is 667 g/mol. The molecule has 0 spiro atoms. The van der Waals surface area contributed by atoms with Crippen LogP contribution in [0.4, 0.5) is 43.9 Å². The summed E-state index contributed by atoms with van der Waals surface area (Å²) in [4.78, 5) is 24.5. The zero-order valence-electron chi connectivity index (χ0n) is 23.9. The quantitative estimate of drug-likeness (QED) is 0.170. The van der Waals surface area contributed by atoms with Crippen molar-refractivity contribution < 1.29 is 53.5 Å². The number of rotatable bonds is 8. The zero-order chi connectivity index (χ0) is 34.7. The van der Waals surface area contributed by atoms with E-state index in [4.69, 9.17) is 23.2 Å². The number of benzene rings is 2. The summed E-state index contributed by atoms with van der Waals surface area (Å²) in [7, 11) is 0. The number of hydrogen-bond donors (Lipinski definition) is 1. The Labute approximate surface area is 262 Å². The first-order valence-corrected chi connectivity index (χ1v) is 13.6. The number of carbonyl (C=O) groups excluding carboxylic acids is 2. The summed E-state index contributed by atoms with van der Waals surface area (Å²) in [6.07, 6.45) is -16.2. The van der Waals surface area contributed by atoms with Crippen molar-refractivity contribution in [3.8, 4) is 11.8 Å². The van der Waals surface area contributed by atoms with Crippen molar-refractivity contribution >= 4 is 40.7 Å². The second-order valence-electron chi connectivity index (χ2n) is 11.0. The van der Waals surface area contributed by atoms with Crippen LogP contribution in [0.2, 0.25) is 10.0 Å². The third-order valence-electron chi connectivity index (χ3n) is 5.95. The molecule has 0 saturated heterocycles. The summed E-state index contributed by atoms with van der Waals surface area (Å²) >= 11 is 12.1. The number of alkyl halides is 9. The van der Waals surface area contributed by atoms with Gasteiger partial charge in [-0.15, -0.1) is 0 Å². The maximum atomic E-state index is 15.3. The van der Waals surface area contributed by atoms with Crippen LogP contribution >= 0.6 is 23.2 Å². The monoisotopic (exact) mass is 691 g/mol. The summed E-state index contributed by atoms with van der Waals surface area (Å²) in [5, 5.41) is 1.01. The van der Waals surface area contributed by atoms with E-state index in [9.17, 15) is 49.1 Å². The maximum Gasteiger partial charge on any atom is 0.417 e. The fraction of sp³-hybridized carbons (Fsp3) is 0.400. The van der Waals surface area contributed by atoms with Crippen molar-refractivity contribution in [1.29, 1.82) is 0 Å². The van der Waals surface area contributed by atoms with E-state index in [0.717, 1.165) is 19.1 Å². The van der Waals surface area contributed by atoms with Gasteiger partial charge in [0.05, 0.1) is 15.6 Å². The van der Waals surface area contributed by atoms with Crippen molar-refractivity contribution in [3.63, 3.8) is 0 Å². The molecule has 1 N–H and O–H groups in total. The molecule has 0 aromatic heterocycles. The van der Waals surface area contributed by atoms with E-state index in [1.807, 2.05) is 0 Å². The van der Waals surface area contributed by atoms with Gasteiger partial charge < -0.3 is 5.32 Å². The molecule has 0 fully saturated rings. The first kappa shape index (κ1) is 37.9. The third kappa shape index (κ3) is 11.3. The van der Waals surface area contributed by atoms with E-state index in [2.05, 4.69) is 11.8 Å². The Balaban J connectivity index is 2.54. The number of hydrogen-bond acceptors (Lipinski definition) is 2. The maximum absolute atomic E-state index is 15.3. The van der Waals surface area contributed by atoms with Crippen molar-refractivity contribution in [1.82, 2.24) is 5.32 Å². The number of ketones is 1. The van der Waals surface area contributed by atoms with Crippen molar-refractivity contribution in [3.05, 3.63) is 74.3 Å². The van der Waals surface area contributed by atoms with Crippen LogP contribution in [0, 0.1) is 23.2 Å². The van der Waals surface area contributed by atoms with Crippen molar-refractivity contribution in [2.75, 3.05) is 6.54 Å². The number of nitrogens with one attached hydrogen (secondary N) is 1. The van der Waals surface area contributed by atoms with Gasteiger partial charge in [0.2, 0.25) is 5.91 Å². The molecular formula is C30H25Cl2F10NO2. The minimum absolute atomic E-state index is 0.0323. The van der Waals surface area contributed by atoms with Gasteiger partial charge >= 0.3 is 18.5 Å². The molecule has 2 atom stereocenters. The molecule has 2 aromatic carbocycles. The van der Waals surface area contributed by atoms with Gasteiger partial charge in [0, 0.05) is 34.4 Å². The molecule has 2 rings (SSSR count). The number of allylic oxidation sites excluding steroid dienone is 1. The fourth-order valence-corrected chi connectivity index (χ4v) is 4.15. The predicted molar refractivity (Wildman–Crippen MR) is 149 cm³/mol. The molecule has 0 bridgehead atoms. The number of amides is 1. The van der Waals surface area contributed by atoms with Crippen LogP contribution in [0.25, 0.3) is 5.83 Å². The second kappa shape index (κ2) is 14.0. The van der Waals surface area contributed by atoms with E-state index in [-0.39, 0.29) is 27.8 Å². The van der Waals surface area contributed by atoms with Crippen LogP contribution in [-0.4, -0.2) is 30.6 Å². The Morgan fingerprint density at radius 3 is 2.07 bits per heavy atom. The Morgan fingerprint density at radius 2 is 1.56 bits per heavy atom. The lowest BCUT2D eigenvalue weighted by atomic mass is 9.92. The highest BCUT2D eigenvalue weighted by Gasteiger charge is 2.41. The molecule has 1 amide bonds. The normalized spacial score (nSPS) is 14.4. The minimum Gasteiger partial charge on any atom is -0.347 e. The average Bonchev–Trinajstić information content (AvgIpc) is 2.88. The molecule has 0 saturated carbocycles. The Morgan fingerprint density at radius 1 is 0.956 bits per heavy atom. The van der Waals surface area contributed by atoms with Crippen molar-refractivity contribution in [2.45, 2.75) is 58.6 Å². The third-order valence-corrected chi connectivity index (χ3v) is 6.75. The first-order valence-electron chi connectivity index (χ1n) is 12.9. The zero-order valence-corrected chi connectivity index (χ0v) is 25.4. The number of Topliss-reactive ketones (excluding diaryl/α,β-unsaturated/α-hetero) is 1. The topological polar surface area (TPSA) is 46.2 Å². The average molecular weight is 692 g/mol. The van der Waals surface area contributed by atoms with Crippen LogP contribution in [0.1, 0.15) is 72.6 Å². The van der Waals surface area contributed by atoms with Crippen molar-refractivity contribution in [2.24, 2.45) is 11.3 Å². The molecule has 1 unspecified atom stereocenters. The van der Waals surface area contributed by atoms with Gasteiger partial charge in [0.25, 0.3) is 0 Å². The largest absolute Gasteiger partial charge is 0.417 e. The Kier molecular flexibility index (Phi) is 11.8. The lowest BCUT2D eigenvalue weighted by Crippen LogP contribution is -2.37. The van der Waals surface area contributed by atoms with Crippen LogP contribution < -0.4 is 5.32 Å². The summed E-state index contributed by atoms with van der Waals surface area (Å²) in [5.74, 6) is -3.10. The van der Waals surface area contributed by atoms with Gasteiger partial charge in [0.15, 0.2) is 5.78 Å². The second-order valence-corrected chi connectivity index (χ2v) is 11.8. The lowest BCUT2D eigenvalue weighted by Gasteiger charge is -2.20. The molecule has 0 radical (unpaired) electrons. The van der Waals surface area contributed by atoms with Gasteiger partial charge in [-0.25, -0.2) is 4.39 Å². The molecule has 45 heavy (non-hydrogen) atoms. The highest BCUT2D eigenvalue weighted by Crippen LogP contribution is 2.42.